The van der Waals surface area contributed by atoms with Crippen LogP contribution in [0.4, 0.5) is 0 Å². The molecule has 0 aliphatic carbocycles. The minimum atomic E-state index is -0.379. The lowest BCUT2D eigenvalue weighted by Gasteiger charge is -2.09. The van der Waals surface area contributed by atoms with Gasteiger partial charge in [0.05, 0.1) is 20.1 Å². The molecule has 2 aromatic rings. The highest BCUT2D eigenvalue weighted by Gasteiger charge is 2.08. The quantitative estimate of drug-likeness (QED) is 0.525. The Balaban J connectivity index is 1.76. The molecule has 2 N–H and O–H groups in total. The van der Waals surface area contributed by atoms with Gasteiger partial charge in [0, 0.05) is 5.56 Å². The molecular formula is C21H26N2O4. The van der Waals surface area contributed by atoms with Gasteiger partial charge in [-0.2, -0.15) is 0 Å². The molecule has 0 aliphatic rings. The maximum atomic E-state index is 12.1. The number of carbonyl (C=O) groups is 2. The maximum Gasteiger partial charge on any atom is 0.269 e. The molecule has 0 saturated heterocycles. The fourth-order valence-corrected chi connectivity index (χ4v) is 2.42. The highest BCUT2D eigenvalue weighted by atomic mass is 16.5. The van der Waals surface area contributed by atoms with Crippen LogP contribution in [0, 0.1) is 0 Å². The van der Waals surface area contributed by atoms with Crippen molar-refractivity contribution in [3.8, 4) is 11.5 Å². The summed E-state index contributed by atoms with van der Waals surface area (Å²) in [5.41, 5.74) is 6.11. The van der Waals surface area contributed by atoms with Crippen LogP contribution >= 0.6 is 0 Å². The van der Waals surface area contributed by atoms with Gasteiger partial charge in [-0.15, -0.1) is 0 Å². The number of hydrogen-bond donors (Lipinski definition) is 2. The van der Waals surface area contributed by atoms with Gasteiger partial charge in [-0.05, 0) is 48.4 Å². The lowest BCUT2D eigenvalue weighted by molar-refractivity contribution is -0.121. The summed E-state index contributed by atoms with van der Waals surface area (Å²) < 4.78 is 10.7. The lowest BCUT2D eigenvalue weighted by atomic mass is 10.1. The summed E-state index contributed by atoms with van der Waals surface area (Å²) in [5, 5.41) is 0. The Morgan fingerprint density at radius 2 is 1.56 bits per heavy atom. The summed E-state index contributed by atoms with van der Waals surface area (Å²) in [7, 11) is 1.59. The highest BCUT2D eigenvalue weighted by Crippen LogP contribution is 2.13. The normalized spacial score (nSPS) is 10.1. The first-order valence-corrected chi connectivity index (χ1v) is 9.07. The van der Waals surface area contributed by atoms with Crippen molar-refractivity contribution in [2.24, 2.45) is 0 Å². The zero-order valence-corrected chi connectivity index (χ0v) is 15.8. The van der Waals surface area contributed by atoms with Gasteiger partial charge in [0.2, 0.25) is 5.91 Å². The van der Waals surface area contributed by atoms with Crippen LogP contribution in [-0.2, 0) is 11.2 Å². The first-order valence-electron chi connectivity index (χ1n) is 9.07. The van der Waals surface area contributed by atoms with Gasteiger partial charge in [-0.1, -0.05) is 31.9 Å². The number of methoxy groups -OCH3 is 1. The van der Waals surface area contributed by atoms with Crippen LogP contribution in [-0.4, -0.2) is 25.5 Å². The van der Waals surface area contributed by atoms with Crippen molar-refractivity contribution in [2.75, 3.05) is 13.7 Å². The van der Waals surface area contributed by atoms with Crippen LogP contribution in [0.25, 0.3) is 0 Å². The summed E-state index contributed by atoms with van der Waals surface area (Å²) in [6.45, 7) is 2.81. The van der Waals surface area contributed by atoms with E-state index in [9.17, 15) is 9.59 Å². The first-order chi connectivity index (χ1) is 13.1. The van der Waals surface area contributed by atoms with Gasteiger partial charge in [-0.3, -0.25) is 20.4 Å². The number of ether oxygens (including phenoxy) is 2. The first kappa shape index (κ1) is 20.3. The summed E-state index contributed by atoms with van der Waals surface area (Å²) in [4.78, 5) is 24.1. The Bertz CT molecular complexity index is 727. The fourth-order valence-electron chi connectivity index (χ4n) is 2.42. The Morgan fingerprint density at radius 1 is 0.889 bits per heavy atom. The summed E-state index contributed by atoms with van der Waals surface area (Å²) in [5.74, 6) is 0.774. The number of unbranched alkanes of at least 4 members (excludes halogenated alkanes) is 2. The molecule has 0 saturated carbocycles. The van der Waals surface area contributed by atoms with Gasteiger partial charge in [0.15, 0.2) is 0 Å². The van der Waals surface area contributed by atoms with Crippen molar-refractivity contribution in [1.82, 2.24) is 10.9 Å². The monoisotopic (exact) mass is 370 g/mol. The molecule has 0 spiro atoms. The Morgan fingerprint density at radius 3 is 2.19 bits per heavy atom. The van der Waals surface area contributed by atoms with Crippen molar-refractivity contribution in [1.29, 1.82) is 0 Å². The van der Waals surface area contributed by atoms with Crippen LogP contribution in [0.3, 0.4) is 0 Å². The van der Waals surface area contributed by atoms with Crippen LogP contribution in [0.1, 0.15) is 42.1 Å². The zero-order chi connectivity index (χ0) is 19.5. The number of hydrazine groups is 1. The molecule has 0 atom stereocenters. The number of amides is 2. The van der Waals surface area contributed by atoms with Crippen LogP contribution < -0.4 is 20.3 Å². The molecule has 6 nitrogen and oxygen atoms in total. The van der Waals surface area contributed by atoms with E-state index >= 15 is 0 Å². The van der Waals surface area contributed by atoms with E-state index in [1.54, 1.807) is 55.6 Å². The molecular weight excluding hydrogens is 344 g/mol. The van der Waals surface area contributed by atoms with Gasteiger partial charge in [-0.25, -0.2) is 0 Å². The highest BCUT2D eigenvalue weighted by molar-refractivity contribution is 5.95. The molecule has 0 bridgehead atoms. The van der Waals surface area contributed by atoms with E-state index in [1.165, 1.54) is 0 Å². The zero-order valence-electron chi connectivity index (χ0n) is 15.8. The summed E-state index contributed by atoms with van der Waals surface area (Å²) in [6.07, 6.45) is 3.46. The van der Waals surface area contributed by atoms with Crippen molar-refractivity contribution >= 4 is 11.8 Å². The van der Waals surface area contributed by atoms with Crippen molar-refractivity contribution in [3.63, 3.8) is 0 Å². The van der Waals surface area contributed by atoms with E-state index in [0.29, 0.717) is 12.2 Å². The van der Waals surface area contributed by atoms with E-state index < -0.39 is 0 Å². The molecule has 6 heteroatoms. The van der Waals surface area contributed by atoms with E-state index in [4.69, 9.17) is 9.47 Å². The molecule has 0 radical (unpaired) electrons. The Labute approximate surface area is 159 Å². The van der Waals surface area contributed by atoms with Crippen LogP contribution in [0.15, 0.2) is 48.5 Å². The van der Waals surface area contributed by atoms with E-state index in [2.05, 4.69) is 17.8 Å². The number of rotatable bonds is 9. The predicted molar refractivity (Wildman–Crippen MR) is 104 cm³/mol. The standard InChI is InChI=1S/C21H26N2O4/c1-3-4-5-14-27-19-12-8-17(9-13-19)21(25)23-22-20(24)15-16-6-10-18(26-2)11-7-16/h6-13H,3-5,14-15H2,1-2H3,(H,22,24)(H,23,25). The molecule has 2 amide bonds. The molecule has 2 rings (SSSR count). The second-order valence-electron chi connectivity index (χ2n) is 6.11. The number of benzene rings is 2. The van der Waals surface area contributed by atoms with Gasteiger partial charge in [0.1, 0.15) is 11.5 Å². The van der Waals surface area contributed by atoms with E-state index in [0.717, 1.165) is 36.3 Å². The maximum absolute atomic E-state index is 12.1. The number of carbonyl (C=O) groups excluding carboxylic acids is 2. The predicted octanol–water partition coefficient (Wildman–Crippen LogP) is 3.27. The SMILES string of the molecule is CCCCCOc1ccc(C(=O)NNC(=O)Cc2ccc(OC)cc2)cc1. The third kappa shape index (κ3) is 7.01. The van der Waals surface area contributed by atoms with Crippen LogP contribution in [0.5, 0.6) is 11.5 Å². The minimum absolute atomic E-state index is 0.162. The average molecular weight is 370 g/mol. The number of hydrogen-bond acceptors (Lipinski definition) is 4. The summed E-state index contributed by atoms with van der Waals surface area (Å²) in [6, 6.07) is 14.0. The molecule has 0 heterocycles. The largest absolute Gasteiger partial charge is 0.497 e. The molecule has 144 valence electrons. The molecule has 0 unspecified atom stereocenters. The smallest absolute Gasteiger partial charge is 0.269 e. The topological polar surface area (TPSA) is 76.7 Å². The second-order valence-corrected chi connectivity index (χ2v) is 6.11. The Hall–Kier alpha value is -3.02. The van der Waals surface area contributed by atoms with Crippen molar-refractivity contribution in [3.05, 3.63) is 59.7 Å². The van der Waals surface area contributed by atoms with Gasteiger partial charge < -0.3 is 9.47 Å². The second kappa shape index (κ2) is 10.9. The van der Waals surface area contributed by atoms with E-state index in [1.807, 2.05) is 0 Å². The van der Waals surface area contributed by atoms with Gasteiger partial charge in [0.25, 0.3) is 5.91 Å². The molecule has 27 heavy (non-hydrogen) atoms. The molecule has 0 aliphatic heterocycles. The molecule has 0 fully saturated rings. The number of nitrogens with one attached hydrogen (secondary N) is 2. The lowest BCUT2D eigenvalue weighted by Crippen LogP contribution is -2.42. The minimum Gasteiger partial charge on any atom is -0.497 e. The average Bonchev–Trinajstić information content (AvgIpc) is 2.70. The Kier molecular flexibility index (Phi) is 8.16. The van der Waals surface area contributed by atoms with Crippen molar-refractivity contribution < 1.29 is 19.1 Å². The van der Waals surface area contributed by atoms with Crippen molar-refractivity contribution in [2.45, 2.75) is 32.6 Å². The third-order valence-corrected chi connectivity index (χ3v) is 3.97. The van der Waals surface area contributed by atoms with Gasteiger partial charge >= 0.3 is 0 Å². The molecule has 0 aromatic heterocycles. The van der Waals surface area contributed by atoms with Crippen LogP contribution in [0.2, 0.25) is 0 Å². The molecule has 2 aromatic carbocycles. The van der Waals surface area contributed by atoms with E-state index in [-0.39, 0.29) is 18.2 Å². The third-order valence-electron chi connectivity index (χ3n) is 3.97. The fraction of sp³-hybridized carbons (Fsp3) is 0.333. The summed E-state index contributed by atoms with van der Waals surface area (Å²) >= 11 is 0.